The van der Waals surface area contributed by atoms with Gasteiger partial charge in [0.25, 0.3) is 20.2 Å². The molecule has 168 valence electrons. The average Bonchev–Trinajstić information content (AvgIpc) is 2.62. The minimum Gasteiger partial charge on any atom is -0.398 e. The van der Waals surface area contributed by atoms with Gasteiger partial charge in [0, 0.05) is 22.7 Å². The van der Waals surface area contributed by atoms with Crippen molar-refractivity contribution in [2.75, 3.05) is 11.5 Å². The van der Waals surface area contributed by atoms with Crippen molar-refractivity contribution in [2.24, 2.45) is 0 Å². The number of nitrogen functional groups attached to an aromatic ring is 2. The van der Waals surface area contributed by atoms with E-state index in [1.807, 2.05) is 0 Å². The maximum Gasteiger partial charge on any atom is 0.296 e. The monoisotopic (exact) mass is 488 g/mol. The first-order chi connectivity index (χ1) is 14.0. The zero-order chi connectivity index (χ0) is 23.8. The molecule has 0 amide bonds. The van der Waals surface area contributed by atoms with Gasteiger partial charge in [-0.1, -0.05) is 25.3 Å². The molecule has 0 heterocycles. The summed E-state index contributed by atoms with van der Waals surface area (Å²) in [5.74, 6) is 0. The third-order valence-corrected chi connectivity index (χ3v) is 7.90. The van der Waals surface area contributed by atoms with Crippen molar-refractivity contribution in [2.45, 2.75) is 22.6 Å². The molecule has 0 saturated carbocycles. The third kappa shape index (κ3) is 5.71. The number of anilines is 2. The van der Waals surface area contributed by atoms with E-state index in [2.05, 4.69) is 13.2 Å². The van der Waals surface area contributed by atoms with Crippen molar-refractivity contribution >= 4 is 41.4 Å². The molecule has 0 atom stereocenters. The van der Waals surface area contributed by atoms with Crippen LogP contribution in [-0.2, 0) is 42.9 Å². The molecule has 2 rings (SSSR count). The third-order valence-electron chi connectivity index (χ3n) is 4.27. The number of rotatable bonds is 8. The molecule has 0 fully saturated rings. The van der Waals surface area contributed by atoms with Crippen molar-refractivity contribution in [1.82, 2.24) is 0 Å². The summed E-state index contributed by atoms with van der Waals surface area (Å²) in [4.78, 5) is -1.75. The Bertz CT molecular complexity index is 1290. The van der Waals surface area contributed by atoms with Crippen molar-refractivity contribution in [3.8, 4) is 0 Å². The lowest BCUT2D eigenvalue weighted by molar-refractivity contribution is 0.481. The van der Waals surface area contributed by atoms with Crippen LogP contribution in [0.3, 0.4) is 0 Å². The van der Waals surface area contributed by atoms with E-state index in [0.29, 0.717) is 0 Å². The van der Waals surface area contributed by atoms with Crippen LogP contribution in [0.25, 0.3) is 0 Å². The lowest BCUT2D eigenvalue weighted by Crippen LogP contribution is -2.11. The van der Waals surface area contributed by atoms with Crippen LogP contribution in [0.4, 0.5) is 11.4 Å². The lowest BCUT2D eigenvalue weighted by atomic mass is 10.1. The van der Waals surface area contributed by atoms with Crippen LogP contribution in [0.2, 0.25) is 0 Å². The van der Waals surface area contributed by atoms with Crippen LogP contribution in [-0.4, -0.2) is 34.4 Å². The molecule has 6 N–H and O–H groups in total. The molecule has 0 bridgehead atoms. The van der Waals surface area contributed by atoms with Crippen LogP contribution in [0.1, 0.15) is 11.1 Å². The van der Waals surface area contributed by atoms with E-state index in [9.17, 15) is 34.4 Å². The van der Waals surface area contributed by atoms with Gasteiger partial charge < -0.3 is 11.5 Å². The first-order valence-corrected chi connectivity index (χ1v) is 12.7. The van der Waals surface area contributed by atoms with Crippen molar-refractivity contribution in [1.29, 1.82) is 0 Å². The number of benzene rings is 2. The second-order valence-corrected chi connectivity index (χ2v) is 11.6. The molecule has 0 spiro atoms. The molecule has 0 radical (unpaired) electrons. The summed E-state index contributed by atoms with van der Waals surface area (Å²) in [6, 6.07) is 7.24. The minimum absolute atomic E-state index is 0.206. The molecule has 10 nitrogen and oxygen atoms in total. The van der Waals surface area contributed by atoms with Crippen LogP contribution < -0.4 is 11.5 Å². The SMILES string of the molecule is C=C(Cc1ccc(N)c(S(=O)(=O)O)c1)S(=O)(=O)C(=C)Cc1ccc(N)c(S(=O)(=O)O)c1. The zero-order valence-corrected chi connectivity index (χ0v) is 18.5. The summed E-state index contributed by atoms with van der Waals surface area (Å²) in [6.07, 6.45) is -0.579. The van der Waals surface area contributed by atoms with E-state index in [1.54, 1.807) is 0 Å². The Kier molecular flexibility index (Phi) is 6.68. The highest BCUT2D eigenvalue weighted by Gasteiger charge is 2.23. The molecule has 0 aliphatic carbocycles. The normalized spacial score (nSPS) is 12.5. The predicted molar refractivity (Wildman–Crippen MR) is 116 cm³/mol. The van der Waals surface area contributed by atoms with Gasteiger partial charge in [-0.15, -0.1) is 0 Å². The predicted octanol–water partition coefficient (Wildman–Crippen LogP) is 1.57. The van der Waals surface area contributed by atoms with E-state index in [4.69, 9.17) is 11.5 Å². The van der Waals surface area contributed by atoms with Gasteiger partial charge in [-0.25, -0.2) is 8.42 Å². The smallest absolute Gasteiger partial charge is 0.296 e. The summed E-state index contributed by atoms with van der Waals surface area (Å²) in [5.41, 5.74) is 11.0. The second kappa shape index (κ2) is 8.43. The molecule has 0 aliphatic rings. The number of allylic oxidation sites excluding steroid dienone is 2. The molecule has 0 aromatic heterocycles. The first kappa shape index (κ1) is 24.6. The fourth-order valence-corrected chi connectivity index (χ4v) is 5.13. The van der Waals surface area contributed by atoms with Gasteiger partial charge in [0.15, 0.2) is 9.84 Å². The Hall–Kier alpha value is -2.71. The zero-order valence-electron chi connectivity index (χ0n) is 16.0. The minimum atomic E-state index is -4.61. The van der Waals surface area contributed by atoms with E-state index in [-0.39, 0.29) is 45.2 Å². The van der Waals surface area contributed by atoms with Gasteiger partial charge in [0.2, 0.25) is 0 Å². The summed E-state index contributed by atoms with van der Waals surface area (Å²) in [7, 11) is -13.3. The van der Waals surface area contributed by atoms with E-state index in [0.717, 1.165) is 12.1 Å². The molecule has 31 heavy (non-hydrogen) atoms. The standard InChI is InChI=1S/C18H20N2O8S3/c1-11(7-13-3-5-15(19)17(9-13)30(23,24)25)29(21,22)12(2)8-14-4-6-16(20)18(10-14)31(26,27)28/h3-6,9-10H,1-2,7-8,19-20H2,(H,23,24,25)(H,26,27,28). The van der Waals surface area contributed by atoms with Crippen LogP contribution in [0.5, 0.6) is 0 Å². The maximum atomic E-state index is 12.8. The molecule has 2 aromatic rings. The summed E-state index contributed by atoms with van der Waals surface area (Å²) >= 11 is 0. The van der Waals surface area contributed by atoms with Crippen LogP contribution >= 0.6 is 0 Å². The first-order valence-electron chi connectivity index (χ1n) is 8.36. The molecule has 0 saturated heterocycles. The Morgan fingerprint density at radius 2 is 1.03 bits per heavy atom. The van der Waals surface area contributed by atoms with Gasteiger partial charge in [-0.3, -0.25) is 9.11 Å². The Labute approximate surface area is 180 Å². The van der Waals surface area contributed by atoms with Gasteiger partial charge in [0.1, 0.15) is 9.79 Å². The fourth-order valence-electron chi connectivity index (χ4n) is 2.67. The van der Waals surface area contributed by atoms with Crippen molar-refractivity contribution < 1.29 is 34.4 Å². The molecule has 2 aromatic carbocycles. The number of sulfone groups is 1. The molecule has 0 aliphatic heterocycles. The van der Waals surface area contributed by atoms with Crippen molar-refractivity contribution in [3.63, 3.8) is 0 Å². The quantitative estimate of drug-likeness (QED) is 0.313. The highest BCUT2D eigenvalue weighted by molar-refractivity contribution is 7.98. The topological polar surface area (TPSA) is 195 Å². The Balaban J connectivity index is 2.28. The molecular formula is C18H20N2O8S3. The van der Waals surface area contributed by atoms with Gasteiger partial charge in [-0.2, -0.15) is 16.8 Å². The van der Waals surface area contributed by atoms with Crippen LogP contribution in [0.15, 0.2) is 69.2 Å². The van der Waals surface area contributed by atoms with E-state index >= 15 is 0 Å². The largest absolute Gasteiger partial charge is 0.398 e. The van der Waals surface area contributed by atoms with Gasteiger partial charge in [-0.05, 0) is 35.4 Å². The number of hydrogen-bond acceptors (Lipinski definition) is 8. The fraction of sp³-hybridized carbons (Fsp3) is 0.111. The Morgan fingerprint density at radius 3 is 1.32 bits per heavy atom. The van der Waals surface area contributed by atoms with E-state index in [1.165, 1.54) is 24.3 Å². The summed E-state index contributed by atoms with van der Waals surface area (Å²) in [5, 5.41) is 0. The molecule has 13 heteroatoms. The van der Waals surface area contributed by atoms with Crippen molar-refractivity contribution in [3.05, 3.63) is 70.5 Å². The molecular weight excluding hydrogens is 468 g/mol. The van der Waals surface area contributed by atoms with Gasteiger partial charge in [0.05, 0.1) is 11.4 Å². The van der Waals surface area contributed by atoms with E-state index < -0.39 is 39.9 Å². The summed E-state index contributed by atoms with van der Waals surface area (Å²) in [6.45, 7) is 7.04. The summed E-state index contributed by atoms with van der Waals surface area (Å²) < 4.78 is 89.4. The number of nitrogens with two attached hydrogens (primary N) is 2. The highest BCUT2D eigenvalue weighted by Crippen LogP contribution is 2.27. The lowest BCUT2D eigenvalue weighted by Gasteiger charge is -2.13. The maximum absolute atomic E-state index is 12.8. The average molecular weight is 489 g/mol. The number of hydrogen-bond donors (Lipinski definition) is 4. The second-order valence-electron chi connectivity index (χ2n) is 6.63. The van der Waals surface area contributed by atoms with Gasteiger partial charge >= 0.3 is 0 Å². The Morgan fingerprint density at radius 1 is 0.710 bits per heavy atom. The van der Waals surface area contributed by atoms with Crippen LogP contribution in [0, 0.1) is 0 Å². The highest BCUT2D eigenvalue weighted by atomic mass is 32.2. The molecule has 0 unspecified atom stereocenters.